The number of ether oxygens (including phenoxy) is 1. The van der Waals surface area contributed by atoms with Crippen molar-refractivity contribution in [2.24, 2.45) is 0 Å². The molecule has 0 aliphatic rings. The summed E-state index contributed by atoms with van der Waals surface area (Å²) in [4.78, 5) is 22.9. The fourth-order valence-corrected chi connectivity index (χ4v) is 1.91. The van der Waals surface area contributed by atoms with Crippen LogP contribution in [0, 0.1) is 12.7 Å². The Morgan fingerprint density at radius 3 is 2.50 bits per heavy atom. The molecule has 0 aliphatic heterocycles. The molecule has 0 atom stereocenters. The molecule has 0 aromatic heterocycles. The van der Waals surface area contributed by atoms with E-state index in [-0.39, 0.29) is 12.3 Å². The Balaban J connectivity index is 2.12. The number of anilines is 1. The number of amides is 1. The molecule has 0 saturated carbocycles. The lowest BCUT2D eigenvalue weighted by molar-refractivity contribution is 0.0693. The number of carboxylic acids is 1. The second-order valence-corrected chi connectivity index (χ2v) is 4.61. The van der Waals surface area contributed by atoms with Crippen molar-refractivity contribution in [3.05, 3.63) is 65.0 Å². The van der Waals surface area contributed by atoms with Crippen LogP contribution in [0.3, 0.4) is 0 Å². The van der Waals surface area contributed by atoms with Gasteiger partial charge in [-0.2, -0.15) is 0 Å². The van der Waals surface area contributed by atoms with E-state index in [0.29, 0.717) is 5.56 Å². The molecule has 0 spiro atoms. The highest BCUT2D eigenvalue weighted by molar-refractivity contribution is 6.00. The zero-order chi connectivity index (χ0) is 16.1. The van der Waals surface area contributed by atoms with Gasteiger partial charge in [0, 0.05) is 0 Å². The Labute approximate surface area is 126 Å². The standard InChI is InChI=1S/C16H14FNO4/c1-10-7-8-12(17)13(15(19)20)14(10)18-16(21)22-9-11-5-3-2-4-6-11/h2-8H,9H2,1H3,(H,18,21)(H,19,20). The van der Waals surface area contributed by atoms with Crippen molar-refractivity contribution in [2.45, 2.75) is 13.5 Å². The van der Waals surface area contributed by atoms with Gasteiger partial charge < -0.3 is 9.84 Å². The Kier molecular flexibility index (Phi) is 4.73. The first kappa shape index (κ1) is 15.5. The number of carboxylic acid groups (broad SMARTS) is 1. The first-order valence-electron chi connectivity index (χ1n) is 6.49. The van der Waals surface area contributed by atoms with Gasteiger partial charge in [-0.3, -0.25) is 5.32 Å². The number of carbonyl (C=O) groups is 2. The number of aromatic carboxylic acids is 1. The van der Waals surface area contributed by atoms with Crippen LogP contribution in [0.4, 0.5) is 14.9 Å². The Bertz CT molecular complexity index is 701. The minimum absolute atomic E-state index is 0.0312. The molecule has 2 aromatic rings. The molecular weight excluding hydrogens is 289 g/mol. The molecule has 6 heteroatoms. The van der Waals surface area contributed by atoms with Gasteiger partial charge >= 0.3 is 12.1 Å². The van der Waals surface area contributed by atoms with Crippen LogP contribution >= 0.6 is 0 Å². The fraction of sp³-hybridized carbons (Fsp3) is 0.125. The van der Waals surface area contributed by atoms with E-state index in [9.17, 15) is 14.0 Å². The summed E-state index contributed by atoms with van der Waals surface area (Å²) < 4.78 is 18.6. The average Bonchev–Trinajstić information content (AvgIpc) is 2.49. The van der Waals surface area contributed by atoms with Crippen LogP contribution in [-0.2, 0) is 11.3 Å². The molecule has 0 saturated heterocycles. The summed E-state index contributed by atoms with van der Waals surface area (Å²) in [6, 6.07) is 11.4. The van der Waals surface area contributed by atoms with E-state index in [1.165, 1.54) is 6.07 Å². The van der Waals surface area contributed by atoms with Crippen LogP contribution in [0.5, 0.6) is 0 Å². The predicted molar refractivity (Wildman–Crippen MR) is 78.3 cm³/mol. The lowest BCUT2D eigenvalue weighted by Crippen LogP contribution is -2.18. The van der Waals surface area contributed by atoms with E-state index in [1.807, 2.05) is 6.07 Å². The van der Waals surface area contributed by atoms with Gasteiger partial charge in [-0.25, -0.2) is 14.0 Å². The van der Waals surface area contributed by atoms with E-state index in [4.69, 9.17) is 9.84 Å². The summed E-state index contributed by atoms with van der Waals surface area (Å²) >= 11 is 0. The van der Waals surface area contributed by atoms with Gasteiger partial charge in [0.2, 0.25) is 0 Å². The average molecular weight is 303 g/mol. The Morgan fingerprint density at radius 2 is 1.86 bits per heavy atom. The van der Waals surface area contributed by atoms with Gasteiger partial charge in [-0.15, -0.1) is 0 Å². The molecule has 0 bridgehead atoms. The highest BCUT2D eigenvalue weighted by Crippen LogP contribution is 2.24. The van der Waals surface area contributed by atoms with E-state index >= 15 is 0 Å². The summed E-state index contributed by atoms with van der Waals surface area (Å²) in [6.45, 7) is 1.60. The third-order valence-electron chi connectivity index (χ3n) is 3.02. The first-order chi connectivity index (χ1) is 10.5. The number of aryl methyl sites for hydroxylation is 1. The molecule has 0 radical (unpaired) electrons. The molecule has 0 unspecified atom stereocenters. The fourth-order valence-electron chi connectivity index (χ4n) is 1.91. The van der Waals surface area contributed by atoms with Crippen molar-refractivity contribution in [3.63, 3.8) is 0 Å². The second-order valence-electron chi connectivity index (χ2n) is 4.61. The van der Waals surface area contributed by atoms with E-state index in [0.717, 1.165) is 11.6 Å². The number of rotatable bonds is 4. The lowest BCUT2D eigenvalue weighted by Gasteiger charge is -2.12. The summed E-state index contributed by atoms with van der Waals surface area (Å²) in [5, 5.41) is 11.3. The normalized spacial score (nSPS) is 10.1. The van der Waals surface area contributed by atoms with Crippen LogP contribution in [0.2, 0.25) is 0 Å². The van der Waals surface area contributed by atoms with Gasteiger partial charge in [0.25, 0.3) is 0 Å². The minimum atomic E-state index is -1.46. The summed E-state index contributed by atoms with van der Waals surface area (Å²) in [5.74, 6) is -2.38. The van der Waals surface area contributed by atoms with E-state index in [1.54, 1.807) is 31.2 Å². The maximum atomic E-state index is 13.6. The highest BCUT2D eigenvalue weighted by atomic mass is 19.1. The number of nitrogens with one attached hydrogen (secondary N) is 1. The Morgan fingerprint density at radius 1 is 1.18 bits per heavy atom. The number of hydrogen-bond acceptors (Lipinski definition) is 3. The van der Waals surface area contributed by atoms with Crippen molar-refractivity contribution in [3.8, 4) is 0 Å². The minimum Gasteiger partial charge on any atom is -0.478 e. The summed E-state index contributed by atoms with van der Waals surface area (Å²) in [6.07, 6.45) is -0.847. The summed E-state index contributed by atoms with van der Waals surface area (Å²) in [7, 11) is 0. The molecule has 114 valence electrons. The van der Waals surface area contributed by atoms with Crippen LogP contribution in [0.15, 0.2) is 42.5 Å². The van der Waals surface area contributed by atoms with Crippen molar-refractivity contribution in [1.29, 1.82) is 0 Å². The molecule has 1 amide bonds. The molecule has 5 nitrogen and oxygen atoms in total. The van der Waals surface area contributed by atoms with Crippen LogP contribution < -0.4 is 5.32 Å². The topological polar surface area (TPSA) is 75.6 Å². The number of carbonyl (C=O) groups excluding carboxylic acids is 1. The summed E-state index contributed by atoms with van der Waals surface area (Å²) in [5.41, 5.74) is 0.518. The predicted octanol–water partition coefficient (Wildman–Crippen LogP) is 3.58. The molecule has 0 fully saturated rings. The van der Waals surface area contributed by atoms with Crippen molar-refractivity contribution in [1.82, 2.24) is 0 Å². The smallest absolute Gasteiger partial charge is 0.411 e. The first-order valence-corrected chi connectivity index (χ1v) is 6.49. The van der Waals surface area contributed by atoms with Crippen molar-refractivity contribution in [2.75, 3.05) is 5.32 Å². The molecule has 2 aromatic carbocycles. The van der Waals surface area contributed by atoms with Gasteiger partial charge in [-0.05, 0) is 24.1 Å². The van der Waals surface area contributed by atoms with Gasteiger partial charge in [-0.1, -0.05) is 36.4 Å². The monoisotopic (exact) mass is 303 g/mol. The van der Waals surface area contributed by atoms with E-state index in [2.05, 4.69) is 5.32 Å². The molecule has 0 aliphatic carbocycles. The maximum Gasteiger partial charge on any atom is 0.411 e. The van der Waals surface area contributed by atoms with Gasteiger partial charge in [0.1, 0.15) is 18.0 Å². The SMILES string of the molecule is Cc1ccc(F)c(C(=O)O)c1NC(=O)OCc1ccccc1. The molecule has 2 rings (SSSR count). The van der Waals surface area contributed by atoms with Crippen LogP contribution in [-0.4, -0.2) is 17.2 Å². The third-order valence-corrected chi connectivity index (χ3v) is 3.02. The van der Waals surface area contributed by atoms with E-state index < -0.39 is 23.4 Å². The third kappa shape index (κ3) is 3.60. The van der Waals surface area contributed by atoms with Gasteiger partial charge in [0.15, 0.2) is 0 Å². The van der Waals surface area contributed by atoms with Crippen LogP contribution in [0.1, 0.15) is 21.5 Å². The zero-order valence-electron chi connectivity index (χ0n) is 11.8. The number of benzene rings is 2. The molecule has 0 heterocycles. The van der Waals surface area contributed by atoms with Crippen LogP contribution in [0.25, 0.3) is 0 Å². The van der Waals surface area contributed by atoms with Crippen molar-refractivity contribution >= 4 is 17.7 Å². The zero-order valence-corrected chi connectivity index (χ0v) is 11.8. The highest BCUT2D eigenvalue weighted by Gasteiger charge is 2.20. The lowest BCUT2D eigenvalue weighted by atomic mass is 10.1. The number of hydrogen-bond donors (Lipinski definition) is 2. The largest absolute Gasteiger partial charge is 0.478 e. The molecule has 2 N–H and O–H groups in total. The Hall–Kier alpha value is -2.89. The molecule has 22 heavy (non-hydrogen) atoms. The van der Waals surface area contributed by atoms with Crippen molar-refractivity contribution < 1.29 is 23.8 Å². The maximum absolute atomic E-state index is 13.6. The number of halogens is 1. The molecular formula is C16H14FNO4. The van der Waals surface area contributed by atoms with Gasteiger partial charge in [0.05, 0.1) is 5.69 Å². The second kappa shape index (κ2) is 6.71. The quantitative estimate of drug-likeness (QED) is 0.905.